The van der Waals surface area contributed by atoms with Crippen molar-refractivity contribution in [3.05, 3.63) is 222 Å². The molecular weight excluding hydrogens is 659 g/mol. The predicted molar refractivity (Wildman–Crippen MR) is 226 cm³/mol. The first kappa shape index (κ1) is 30.2. The molecule has 0 spiro atoms. The van der Waals surface area contributed by atoms with Crippen molar-refractivity contribution in [3.63, 3.8) is 0 Å². The Morgan fingerprint density at radius 2 is 0.943 bits per heavy atom. The van der Waals surface area contributed by atoms with Gasteiger partial charge >= 0.3 is 0 Å². The number of thiophene rings is 1. The topological polar surface area (TPSA) is 3.24 Å². The van der Waals surface area contributed by atoms with Crippen LogP contribution in [0.4, 0.5) is 17.1 Å². The zero-order valence-electron chi connectivity index (χ0n) is 28.9. The first-order chi connectivity index (χ1) is 26.3. The quantitative estimate of drug-likeness (QED) is 0.162. The summed E-state index contributed by atoms with van der Waals surface area (Å²) in [5.74, 6) is 0. The molecule has 0 radical (unpaired) electrons. The second-order valence-electron chi connectivity index (χ2n) is 14.0. The molecule has 1 aliphatic carbocycles. The first-order valence-electron chi connectivity index (χ1n) is 18.3. The van der Waals surface area contributed by atoms with Crippen molar-refractivity contribution in [1.29, 1.82) is 0 Å². The van der Waals surface area contributed by atoms with E-state index in [4.69, 9.17) is 0 Å². The average molecular weight is 692 g/mol. The molecule has 1 aliphatic rings. The van der Waals surface area contributed by atoms with Crippen LogP contribution in [0.25, 0.3) is 52.8 Å². The Labute approximate surface area is 312 Å². The molecule has 0 bridgehead atoms. The molecule has 0 aliphatic heterocycles. The lowest BCUT2D eigenvalue weighted by atomic mass is 9.67. The molecule has 2 heteroatoms. The summed E-state index contributed by atoms with van der Waals surface area (Å²) in [5, 5.41) is 7.79. The van der Waals surface area contributed by atoms with Crippen molar-refractivity contribution in [2.45, 2.75) is 5.41 Å². The molecule has 0 fully saturated rings. The van der Waals surface area contributed by atoms with Crippen LogP contribution in [0.5, 0.6) is 0 Å². The van der Waals surface area contributed by atoms with Crippen molar-refractivity contribution in [3.8, 4) is 11.1 Å². The van der Waals surface area contributed by atoms with Gasteiger partial charge in [-0.2, -0.15) is 0 Å². The molecule has 1 nitrogen and oxygen atoms in total. The second-order valence-corrected chi connectivity index (χ2v) is 15.0. The molecule has 0 N–H and O–H groups in total. The zero-order valence-corrected chi connectivity index (χ0v) is 29.7. The van der Waals surface area contributed by atoms with Gasteiger partial charge < -0.3 is 4.90 Å². The van der Waals surface area contributed by atoms with Crippen molar-refractivity contribution in [2.24, 2.45) is 0 Å². The molecule has 0 unspecified atom stereocenters. The van der Waals surface area contributed by atoms with Crippen LogP contribution in [0.1, 0.15) is 22.3 Å². The highest BCUT2D eigenvalue weighted by atomic mass is 32.1. The number of hydrogen-bond acceptors (Lipinski definition) is 2. The largest absolute Gasteiger partial charge is 0.309 e. The first-order valence-corrected chi connectivity index (χ1v) is 19.1. The predicted octanol–water partition coefficient (Wildman–Crippen LogP) is 14.2. The van der Waals surface area contributed by atoms with Crippen molar-refractivity contribution < 1.29 is 0 Å². The van der Waals surface area contributed by atoms with E-state index in [1.54, 1.807) is 0 Å². The van der Waals surface area contributed by atoms with Gasteiger partial charge in [-0.1, -0.05) is 170 Å². The number of para-hydroxylation sites is 1. The average Bonchev–Trinajstić information content (AvgIpc) is 3.77. The molecule has 0 saturated heterocycles. The molecule has 1 heterocycles. The Hall–Kier alpha value is -6.48. The third-order valence-electron chi connectivity index (χ3n) is 11.3. The molecule has 11 rings (SSSR count). The van der Waals surface area contributed by atoms with E-state index in [9.17, 15) is 0 Å². The van der Waals surface area contributed by atoms with Crippen LogP contribution >= 0.6 is 11.3 Å². The summed E-state index contributed by atoms with van der Waals surface area (Å²) < 4.78 is 2.62. The fraction of sp³-hybridized carbons (Fsp3) is 0.0196. The van der Waals surface area contributed by atoms with Crippen LogP contribution < -0.4 is 4.90 Å². The summed E-state index contributed by atoms with van der Waals surface area (Å²) in [5.41, 5.74) is 10.7. The molecule has 0 saturated carbocycles. The van der Waals surface area contributed by atoms with Gasteiger partial charge in [-0.05, 0) is 79.9 Å². The van der Waals surface area contributed by atoms with Gasteiger partial charge in [0.25, 0.3) is 0 Å². The zero-order chi connectivity index (χ0) is 34.9. The smallest absolute Gasteiger partial charge is 0.0714 e. The number of hydrogen-bond donors (Lipinski definition) is 0. The minimum Gasteiger partial charge on any atom is -0.309 e. The Morgan fingerprint density at radius 1 is 0.377 bits per heavy atom. The van der Waals surface area contributed by atoms with E-state index in [-0.39, 0.29) is 0 Å². The second kappa shape index (κ2) is 11.8. The van der Waals surface area contributed by atoms with Crippen LogP contribution in [0, 0.1) is 0 Å². The van der Waals surface area contributed by atoms with Crippen LogP contribution in [-0.4, -0.2) is 0 Å². The summed E-state index contributed by atoms with van der Waals surface area (Å²) in [6.45, 7) is 0. The van der Waals surface area contributed by atoms with Gasteiger partial charge in [-0.15, -0.1) is 11.3 Å². The maximum atomic E-state index is 2.47. The molecule has 0 amide bonds. The highest BCUT2D eigenvalue weighted by molar-refractivity contribution is 7.27. The number of rotatable bonds is 5. The third kappa shape index (κ3) is 4.37. The van der Waals surface area contributed by atoms with E-state index >= 15 is 0 Å². The Balaban J connectivity index is 1.19. The van der Waals surface area contributed by atoms with Crippen molar-refractivity contribution >= 4 is 70.1 Å². The molecule has 1 aromatic heterocycles. The van der Waals surface area contributed by atoms with Gasteiger partial charge in [-0.25, -0.2) is 0 Å². The summed E-state index contributed by atoms with van der Waals surface area (Å²) in [4.78, 5) is 2.47. The maximum Gasteiger partial charge on any atom is 0.0714 e. The summed E-state index contributed by atoms with van der Waals surface area (Å²) >= 11 is 1.92. The molecule has 248 valence electrons. The normalized spacial score (nSPS) is 13.1. The van der Waals surface area contributed by atoms with E-state index in [1.165, 1.54) is 80.8 Å². The highest BCUT2D eigenvalue weighted by Crippen LogP contribution is 2.57. The van der Waals surface area contributed by atoms with Gasteiger partial charge in [0.2, 0.25) is 0 Å². The van der Waals surface area contributed by atoms with Gasteiger partial charge in [0.15, 0.2) is 0 Å². The van der Waals surface area contributed by atoms with Gasteiger partial charge in [-0.3, -0.25) is 0 Å². The van der Waals surface area contributed by atoms with E-state index in [2.05, 4.69) is 205 Å². The standard InChI is InChI=1S/C51H33NS/c1-3-16-36(17-4-1)51(45-26-11-9-23-41(45)42-24-10-12-27-46(42)51)37-18-13-21-39(33-37)52(38-19-5-2-6-20-38)47-28-14-25-43-44-32-31-35-30-29-34-15-7-8-22-40(34)48(35)50(44)53-49(43)47/h1-33H. The summed E-state index contributed by atoms with van der Waals surface area (Å²) in [7, 11) is 0. The molecule has 9 aromatic carbocycles. The van der Waals surface area contributed by atoms with E-state index in [0.29, 0.717) is 0 Å². The molecule has 10 aromatic rings. The Morgan fingerprint density at radius 3 is 1.74 bits per heavy atom. The van der Waals surface area contributed by atoms with Gasteiger partial charge in [0.1, 0.15) is 0 Å². The molecule has 0 atom stereocenters. The van der Waals surface area contributed by atoms with E-state index in [0.717, 1.165) is 11.4 Å². The lowest BCUT2D eigenvalue weighted by molar-refractivity contribution is 0.768. The fourth-order valence-corrected chi connectivity index (χ4v) is 10.5. The van der Waals surface area contributed by atoms with Crippen LogP contribution in [0.15, 0.2) is 200 Å². The molecule has 53 heavy (non-hydrogen) atoms. The lowest BCUT2D eigenvalue weighted by Gasteiger charge is -2.35. The van der Waals surface area contributed by atoms with Crippen LogP contribution in [-0.2, 0) is 5.41 Å². The van der Waals surface area contributed by atoms with Gasteiger partial charge in [0.05, 0.1) is 15.8 Å². The van der Waals surface area contributed by atoms with Crippen LogP contribution in [0.3, 0.4) is 0 Å². The van der Waals surface area contributed by atoms with Crippen LogP contribution in [0.2, 0.25) is 0 Å². The van der Waals surface area contributed by atoms with E-state index in [1.807, 2.05) is 11.3 Å². The van der Waals surface area contributed by atoms with Gasteiger partial charge in [0, 0.05) is 32.2 Å². The lowest BCUT2D eigenvalue weighted by Crippen LogP contribution is -2.28. The number of benzene rings is 9. The number of anilines is 3. The molecular formula is C51H33NS. The fourth-order valence-electron chi connectivity index (χ4n) is 9.10. The summed E-state index contributed by atoms with van der Waals surface area (Å²) in [6.07, 6.45) is 0. The minimum atomic E-state index is -0.476. The van der Waals surface area contributed by atoms with Crippen molar-refractivity contribution in [2.75, 3.05) is 4.90 Å². The van der Waals surface area contributed by atoms with Crippen molar-refractivity contribution in [1.82, 2.24) is 0 Å². The summed E-state index contributed by atoms with van der Waals surface area (Å²) in [6, 6.07) is 73.9. The van der Waals surface area contributed by atoms with E-state index < -0.39 is 5.41 Å². The minimum absolute atomic E-state index is 0.476. The highest BCUT2D eigenvalue weighted by Gasteiger charge is 2.46. The SMILES string of the molecule is c1ccc(N(c2cccc(C3(c4ccccc4)c4ccccc4-c4ccccc43)c2)c2cccc3c2sc2c3ccc3ccc4ccccc4c32)cc1. The third-order valence-corrected chi connectivity index (χ3v) is 12.6. The Kier molecular flexibility index (Phi) is 6.71. The monoisotopic (exact) mass is 691 g/mol. The number of nitrogens with zero attached hydrogens (tertiary/aromatic N) is 1. The number of fused-ring (bicyclic) bond motifs is 10. The maximum absolute atomic E-state index is 2.47. The Bertz CT molecular complexity index is 2970.